The molecule has 0 saturated heterocycles. The molecule has 1 aromatic carbocycles. The monoisotopic (exact) mass is 384 g/mol. The maximum atomic E-state index is 12.6. The number of aromatic nitrogens is 3. The fourth-order valence-corrected chi connectivity index (χ4v) is 3.76. The van der Waals surface area contributed by atoms with Crippen LogP contribution < -0.4 is 5.32 Å². The summed E-state index contributed by atoms with van der Waals surface area (Å²) in [5.74, 6) is 0.558. The summed E-state index contributed by atoms with van der Waals surface area (Å²) in [6.07, 6.45) is 4.71. The van der Waals surface area contributed by atoms with Crippen molar-refractivity contribution in [3.05, 3.63) is 69.7 Å². The third kappa shape index (κ3) is 3.62. The molecule has 0 fully saturated rings. The van der Waals surface area contributed by atoms with E-state index in [9.17, 15) is 4.79 Å². The molecule has 0 saturated carbocycles. The Bertz CT molecular complexity index is 975. The van der Waals surface area contributed by atoms with Crippen LogP contribution in [0.25, 0.3) is 0 Å². The van der Waals surface area contributed by atoms with Crippen molar-refractivity contribution in [1.82, 2.24) is 20.1 Å². The van der Waals surface area contributed by atoms with E-state index < -0.39 is 0 Å². The number of carbonyl (C=O) groups is 1. The van der Waals surface area contributed by atoms with Crippen molar-refractivity contribution >= 4 is 17.5 Å². The molecule has 7 heteroatoms. The van der Waals surface area contributed by atoms with Gasteiger partial charge in [0.15, 0.2) is 5.89 Å². The van der Waals surface area contributed by atoms with Gasteiger partial charge in [0.05, 0.1) is 24.5 Å². The molecule has 2 aromatic heterocycles. The summed E-state index contributed by atoms with van der Waals surface area (Å²) in [6.45, 7) is 4.21. The molecule has 4 rings (SSSR count). The highest BCUT2D eigenvalue weighted by Gasteiger charge is 2.27. The largest absolute Gasteiger partial charge is 0.436 e. The number of amides is 1. The lowest BCUT2D eigenvalue weighted by atomic mass is 9.92. The topological polar surface area (TPSA) is 73.0 Å². The van der Waals surface area contributed by atoms with Crippen LogP contribution in [0.2, 0.25) is 5.02 Å². The Kier molecular flexibility index (Phi) is 4.74. The van der Waals surface area contributed by atoms with Crippen molar-refractivity contribution in [2.75, 3.05) is 0 Å². The zero-order chi connectivity index (χ0) is 19.0. The SMILES string of the molecule is Cc1nc(C)c(C(=O)NC2CCCc3c2cnn3Cc2ccc(Cl)cc2)o1. The Balaban J connectivity index is 1.54. The molecule has 3 aromatic rings. The first-order valence-corrected chi connectivity index (χ1v) is 9.43. The predicted molar refractivity (Wildman–Crippen MR) is 102 cm³/mol. The zero-order valence-corrected chi connectivity index (χ0v) is 16.1. The third-order valence-electron chi connectivity index (χ3n) is 4.92. The number of hydrogen-bond acceptors (Lipinski definition) is 4. The van der Waals surface area contributed by atoms with Crippen LogP contribution in [0.1, 0.15) is 57.8 Å². The molecule has 1 aliphatic carbocycles. The van der Waals surface area contributed by atoms with E-state index in [1.165, 1.54) is 5.69 Å². The number of benzene rings is 1. The molecule has 0 aliphatic heterocycles. The molecular formula is C20H21ClN4O2. The number of oxazole rings is 1. The fraction of sp³-hybridized carbons (Fsp3) is 0.350. The lowest BCUT2D eigenvalue weighted by molar-refractivity contribution is 0.0902. The minimum atomic E-state index is -0.226. The lowest BCUT2D eigenvalue weighted by Gasteiger charge is -2.24. The van der Waals surface area contributed by atoms with Gasteiger partial charge in [0.1, 0.15) is 0 Å². The van der Waals surface area contributed by atoms with Crippen LogP contribution in [-0.2, 0) is 13.0 Å². The molecule has 6 nitrogen and oxygen atoms in total. The van der Waals surface area contributed by atoms with Gasteiger partial charge < -0.3 is 9.73 Å². The Morgan fingerprint density at radius 3 is 2.81 bits per heavy atom. The van der Waals surface area contributed by atoms with E-state index in [-0.39, 0.29) is 17.7 Å². The van der Waals surface area contributed by atoms with Crippen LogP contribution in [0, 0.1) is 13.8 Å². The number of aryl methyl sites for hydroxylation is 2. The maximum Gasteiger partial charge on any atom is 0.289 e. The summed E-state index contributed by atoms with van der Waals surface area (Å²) < 4.78 is 7.46. The summed E-state index contributed by atoms with van der Waals surface area (Å²) in [6, 6.07) is 7.72. The number of rotatable bonds is 4. The van der Waals surface area contributed by atoms with Gasteiger partial charge in [0, 0.05) is 23.2 Å². The van der Waals surface area contributed by atoms with Gasteiger partial charge in [-0.2, -0.15) is 5.10 Å². The Morgan fingerprint density at radius 2 is 2.11 bits per heavy atom. The van der Waals surface area contributed by atoms with Crippen molar-refractivity contribution in [3.8, 4) is 0 Å². The van der Waals surface area contributed by atoms with Crippen LogP contribution >= 0.6 is 11.6 Å². The van der Waals surface area contributed by atoms with Gasteiger partial charge in [-0.05, 0) is 43.9 Å². The minimum Gasteiger partial charge on any atom is -0.436 e. The van der Waals surface area contributed by atoms with Gasteiger partial charge in [-0.1, -0.05) is 23.7 Å². The van der Waals surface area contributed by atoms with Gasteiger partial charge in [-0.25, -0.2) is 4.98 Å². The maximum absolute atomic E-state index is 12.6. The Labute approximate surface area is 162 Å². The first-order chi connectivity index (χ1) is 13.0. The molecule has 140 valence electrons. The molecule has 1 unspecified atom stereocenters. The number of nitrogens with one attached hydrogen (secondary N) is 1. The van der Waals surface area contributed by atoms with Crippen LogP contribution in [0.3, 0.4) is 0 Å². The smallest absolute Gasteiger partial charge is 0.289 e. The molecular weight excluding hydrogens is 364 g/mol. The summed E-state index contributed by atoms with van der Waals surface area (Å²) in [5, 5.41) is 8.37. The van der Waals surface area contributed by atoms with E-state index in [2.05, 4.69) is 15.4 Å². The first kappa shape index (κ1) is 17.8. The van der Waals surface area contributed by atoms with E-state index in [1.807, 2.05) is 35.1 Å². The summed E-state index contributed by atoms with van der Waals surface area (Å²) >= 11 is 5.96. The minimum absolute atomic E-state index is 0.0648. The molecule has 2 heterocycles. The summed E-state index contributed by atoms with van der Waals surface area (Å²) in [5.41, 5.74) is 4.01. The van der Waals surface area contributed by atoms with Crippen LogP contribution in [0.15, 0.2) is 34.9 Å². The zero-order valence-electron chi connectivity index (χ0n) is 15.3. The van der Waals surface area contributed by atoms with Gasteiger partial charge in [0.2, 0.25) is 5.76 Å². The average Bonchev–Trinajstić information content (AvgIpc) is 3.20. The number of fused-ring (bicyclic) bond motifs is 1. The Hall–Kier alpha value is -2.60. The second-order valence-electron chi connectivity index (χ2n) is 6.90. The lowest BCUT2D eigenvalue weighted by Crippen LogP contribution is -2.31. The van der Waals surface area contributed by atoms with Crippen LogP contribution in [0.4, 0.5) is 0 Å². The fourth-order valence-electron chi connectivity index (χ4n) is 3.63. The molecule has 1 aliphatic rings. The van der Waals surface area contributed by atoms with Crippen LogP contribution in [0.5, 0.6) is 0 Å². The van der Waals surface area contributed by atoms with E-state index in [0.717, 1.165) is 35.4 Å². The van der Waals surface area contributed by atoms with Crippen LogP contribution in [-0.4, -0.2) is 20.7 Å². The first-order valence-electron chi connectivity index (χ1n) is 9.05. The highest BCUT2D eigenvalue weighted by atomic mass is 35.5. The van der Waals surface area contributed by atoms with Crippen molar-refractivity contribution < 1.29 is 9.21 Å². The summed E-state index contributed by atoms with van der Waals surface area (Å²) in [4.78, 5) is 16.8. The van der Waals surface area contributed by atoms with E-state index in [4.69, 9.17) is 16.0 Å². The highest BCUT2D eigenvalue weighted by molar-refractivity contribution is 6.30. The highest BCUT2D eigenvalue weighted by Crippen LogP contribution is 2.30. The van der Waals surface area contributed by atoms with E-state index in [1.54, 1.807) is 13.8 Å². The number of hydrogen-bond donors (Lipinski definition) is 1. The average molecular weight is 385 g/mol. The standard InChI is InChI=1S/C20H21ClN4O2/c1-12-19(27-13(2)23-12)20(26)24-17-4-3-5-18-16(17)10-22-25(18)11-14-6-8-15(21)9-7-14/h6-10,17H,3-5,11H2,1-2H3,(H,24,26). The van der Waals surface area contributed by atoms with E-state index >= 15 is 0 Å². The molecule has 1 atom stereocenters. The predicted octanol–water partition coefficient (Wildman–Crippen LogP) is 4.00. The van der Waals surface area contributed by atoms with Gasteiger partial charge in [0.25, 0.3) is 5.91 Å². The van der Waals surface area contributed by atoms with Gasteiger partial charge in [-0.3, -0.25) is 9.48 Å². The number of halogens is 1. The molecule has 0 bridgehead atoms. The van der Waals surface area contributed by atoms with Crippen molar-refractivity contribution in [1.29, 1.82) is 0 Å². The Morgan fingerprint density at radius 1 is 1.33 bits per heavy atom. The third-order valence-corrected chi connectivity index (χ3v) is 5.18. The normalized spacial score (nSPS) is 16.2. The van der Waals surface area contributed by atoms with Crippen molar-refractivity contribution in [2.24, 2.45) is 0 Å². The molecule has 27 heavy (non-hydrogen) atoms. The van der Waals surface area contributed by atoms with Crippen molar-refractivity contribution in [2.45, 2.75) is 45.7 Å². The second-order valence-corrected chi connectivity index (χ2v) is 7.33. The quantitative estimate of drug-likeness (QED) is 0.737. The van der Waals surface area contributed by atoms with Gasteiger partial charge in [-0.15, -0.1) is 0 Å². The van der Waals surface area contributed by atoms with Gasteiger partial charge >= 0.3 is 0 Å². The number of carbonyl (C=O) groups excluding carboxylic acids is 1. The number of nitrogens with zero attached hydrogens (tertiary/aromatic N) is 3. The molecule has 0 spiro atoms. The van der Waals surface area contributed by atoms with E-state index in [0.29, 0.717) is 18.1 Å². The molecule has 0 radical (unpaired) electrons. The second kappa shape index (κ2) is 7.19. The molecule has 1 amide bonds. The molecule has 1 N–H and O–H groups in total. The van der Waals surface area contributed by atoms with Crippen molar-refractivity contribution in [3.63, 3.8) is 0 Å². The summed E-state index contributed by atoms with van der Waals surface area (Å²) in [7, 11) is 0.